The summed E-state index contributed by atoms with van der Waals surface area (Å²) >= 11 is 0. The van der Waals surface area contributed by atoms with Gasteiger partial charge < -0.3 is 5.73 Å². The number of hydrogen-bond acceptors (Lipinski definition) is 1. The summed E-state index contributed by atoms with van der Waals surface area (Å²) in [5.41, 5.74) is 7.47. The topological polar surface area (TPSA) is 26.0 Å². The van der Waals surface area contributed by atoms with E-state index in [9.17, 15) is 4.39 Å². The van der Waals surface area contributed by atoms with E-state index >= 15 is 0 Å². The minimum absolute atomic E-state index is 0.147. The molecule has 2 saturated carbocycles. The van der Waals surface area contributed by atoms with Crippen LogP contribution < -0.4 is 5.73 Å². The third-order valence-electron chi connectivity index (χ3n) is 4.35. The van der Waals surface area contributed by atoms with E-state index in [-0.39, 0.29) is 5.54 Å². The van der Waals surface area contributed by atoms with Gasteiger partial charge in [0.05, 0.1) is 0 Å². The maximum Gasteiger partial charge on any atom is 0.115 e. The maximum atomic E-state index is 14.5. The van der Waals surface area contributed by atoms with Gasteiger partial charge in [-0.1, -0.05) is 37.1 Å². The molecule has 0 spiro atoms. The van der Waals surface area contributed by atoms with Crippen LogP contribution in [0.3, 0.4) is 0 Å². The minimum Gasteiger partial charge on any atom is -0.321 e. The molecule has 0 bridgehead atoms. The van der Waals surface area contributed by atoms with Crippen LogP contribution in [0.25, 0.3) is 0 Å². The second-order valence-corrected chi connectivity index (χ2v) is 5.85. The van der Waals surface area contributed by atoms with E-state index in [2.05, 4.69) is 12.1 Å². The van der Waals surface area contributed by atoms with E-state index in [0.29, 0.717) is 6.42 Å². The van der Waals surface area contributed by atoms with E-state index in [4.69, 9.17) is 5.73 Å². The molecule has 0 heterocycles. The summed E-state index contributed by atoms with van der Waals surface area (Å²) in [5, 5.41) is 0. The maximum absolute atomic E-state index is 14.5. The second-order valence-electron chi connectivity index (χ2n) is 5.85. The number of nitrogens with two attached hydrogens (primary N) is 1. The van der Waals surface area contributed by atoms with Crippen molar-refractivity contribution < 1.29 is 4.39 Å². The molecule has 0 saturated heterocycles. The SMILES string of the molecule is NC1(c2ccccc2CC2(F)CCCC2)CC1. The Labute approximate surface area is 102 Å². The van der Waals surface area contributed by atoms with Gasteiger partial charge in [0.2, 0.25) is 0 Å². The molecule has 0 atom stereocenters. The molecular formula is C15H20FN. The van der Waals surface area contributed by atoms with Crippen LogP contribution in [-0.2, 0) is 12.0 Å². The predicted octanol–water partition coefficient (Wildman–Crippen LogP) is 3.46. The van der Waals surface area contributed by atoms with Crippen LogP contribution in [0.2, 0.25) is 0 Å². The lowest BCUT2D eigenvalue weighted by molar-refractivity contribution is 0.172. The molecule has 0 radical (unpaired) electrons. The van der Waals surface area contributed by atoms with Gasteiger partial charge in [0, 0.05) is 12.0 Å². The Morgan fingerprint density at radius 1 is 1.06 bits per heavy atom. The fraction of sp³-hybridized carbons (Fsp3) is 0.600. The molecule has 3 rings (SSSR count). The molecule has 0 unspecified atom stereocenters. The summed E-state index contributed by atoms with van der Waals surface area (Å²) in [6, 6.07) is 8.16. The van der Waals surface area contributed by atoms with Crippen LogP contribution >= 0.6 is 0 Å². The number of rotatable bonds is 3. The summed E-state index contributed by atoms with van der Waals surface area (Å²) < 4.78 is 14.5. The van der Waals surface area contributed by atoms with Crippen LogP contribution in [0, 0.1) is 0 Å². The van der Waals surface area contributed by atoms with Gasteiger partial charge in [-0.3, -0.25) is 0 Å². The normalized spacial score (nSPS) is 24.8. The Bertz CT molecular complexity index is 417. The molecular weight excluding hydrogens is 213 g/mol. The van der Waals surface area contributed by atoms with E-state index in [0.717, 1.165) is 44.1 Å². The molecule has 0 aliphatic heterocycles. The lowest BCUT2D eigenvalue weighted by Gasteiger charge is -2.22. The van der Waals surface area contributed by atoms with Crippen molar-refractivity contribution in [2.45, 2.75) is 56.2 Å². The highest BCUT2D eigenvalue weighted by molar-refractivity contribution is 5.38. The first-order chi connectivity index (χ1) is 8.11. The van der Waals surface area contributed by atoms with Gasteiger partial charge in [-0.15, -0.1) is 0 Å². The van der Waals surface area contributed by atoms with E-state index in [1.165, 1.54) is 5.56 Å². The van der Waals surface area contributed by atoms with Gasteiger partial charge in [0.1, 0.15) is 5.67 Å². The molecule has 0 aromatic heterocycles. The molecule has 17 heavy (non-hydrogen) atoms. The fourth-order valence-corrected chi connectivity index (χ4v) is 3.09. The van der Waals surface area contributed by atoms with Gasteiger partial charge in [0.25, 0.3) is 0 Å². The zero-order valence-corrected chi connectivity index (χ0v) is 10.2. The van der Waals surface area contributed by atoms with Crippen molar-refractivity contribution in [3.63, 3.8) is 0 Å². The highest BCUT2D eigenvalue weighted by Gasteiger charge is 2.43. The zero-order chi connectivity index (χ0) is 11.9. The molecule has 1 aromatic carbocycles. The smallest absolute Gasteiger partial charge is 0.115 e. The predicted molar refractivity (Wildman–Crippen MR) is 67.6 cm³/mol. The average Bonchev–Trinajstić information content (AvgIpc) is 2.91. The van der Waals surface area contributed by atoms with Crippen molar-refractivity contribution in [3.05, 3.63) is 35.4 Å². The lowest BCUT2D eigenvalue weighted by atomic mass is 9.89. The van der Waals surface area contributed by atoms with Crippen molar-refractivity contribution in [2.24, 2.45) is 5.73 Å². The molecule has 1 nitrogen and oxygen atoms in total. The minimum atomic E-state index is -0.971. The molecule has 2 aliphatic carbocycles. The quantitative estimate of drug-likeness (QED) is 0.850. The summed E-state index contributed by atoms with van der Waals surface area (Å²) in [7, 11) is 0. The largest absolute Gasteiger partial charge is 0.321 e. The van der Waals surface area contributed by atoms with Gasteiger partial charge >= 0.3 is 0 Å². The van der Waals surface area contributed by atoms with Gasteiger partial charge in [-0.25, -0.2) is 4.39 Å². The highest BCUT2D eigenvalue weighted by atomic mass is 19.1. The molecule has 92 valence electrons. The molecule has 2 fully saturated rings. The first-order valence-electron chi connectivity index (χ1n) is 6.68. The Hall–Kier alpha value is -0.890. The van der Waals surface area contributed by atoms with E-state index < -0.39 is 5.67 Å². The van der Waals surface area contributed by atoms with Crippen molar-refractivity contribution in [1.82, 2.24) is 0 Å². The Balaban J connectivity index is 1.87. The van der Waals surface area contributed by atoms with Gasteiger partial charge in [0.15, 0.2) is 0 Å². The Morgan fingerprint density at radius 2 is 1.71 bits per heavy atom. The number of hydrogen-bond donors (Lipinski definition) is 1. The van der Waals surface area contributed by atoms with Crippen LogP contribution in [0.15, 0.2) is 24.3 Å². The monoisotopic (exact) mass is 233 g/mol. The van der Waals surface area contributed by atoms with Crippen LogP contribution in [0.4, 0.5) is 4.39 Å². The summed E-state index contributed by atoms with van der Waals surface area (Å²) in [4.78, 5) is 0. The lowest BCUT2D eigenvalue weighted by Crippen LogP contribution is -2.26. The van der Waals surface area contributed by atoms with E-state index in [1.54, 1.807) is 0 Å². The van der Waals surface area contributed by atoms with Gasteiger partial charge in [-0.05, 0) is 36.8 Å². The third-order valence-corrected chi connectivity index (χ3v) is 4.35. The first-order valence-corrected chi connectivity index (χ1v) is 6.68. The molecule has 2 N–H and O–H groups in total. The van der Waals surface area contributed by atoms with Crippen molar-refractivity contribution in [2.75, 3.05) is 0 Å². The number of alkyl halides is 1. The van der Waals surface area contributed by atoms with Crippen LogP contribution in [0.1, 0.15) is 49.7 Å². The van der Waals surface area contributed by atoms with Crippen LogP contribution in [-0.4, -0.2) is 5.67 Å². The summed E-state index contributed by atoms with van der Waals surface area (Å²) in [6.45, 7) is 0. The molecule has 1 aromatic rings. The summed E-state index contributed by atoms with van der Waals surface area (Å²) in [5.74, 6) is 0. The van der Waals surface area contributed by atoms with Crippen molar-refractivity contribution in [3.8, 4) is 0 Å². The van der Waals surface area contributed by atoms with Gasteiger partial charge in [-0.2, -0.15) is 0 Å². The molecule has 0 amide bonds. The highest BCUT2D eigenvalue weighted by Crippen LogP contribution is 2.46. The average molecular weight is 233 g/mol. The Morgan fingerprint density at radius 3 is 2.35 bits per heavy atom. The van der Waals surface area contributed by atoms with Crippen LogP contribution in [0.5, 0.6) is 0 Å². The molecule has 2 heteroatoms. The number of benzene rings is 1. The molecule has 2 aliphatic rings. The summed E-state index contributed by atoms with van der Waals surface area (Å²) in [6.07, 6.45) is 6.16. The number of halogens is 1. The van der Waals surface area contributed by atoms with Crippen molar-refractivity contribution in [1.29, 1.82) is 0 Å². The van der Waals surface area contributed by atoms with Crippen molar-refractivity contribution >= 4 is 0 Å². The fourth-order valence-electron chi connectivity index (χ4n) is 3.09. The zero-order valence-electron chi connectivity index (χ0n) is 10.2. The second kappa shape index (κ2) is 3.81. The standard InChI is InChI=1S/C15H20FN/c16-14(7-3-4-8-14)11-12-5-1-2-6-13(12)15(17)9-10-15/h1-2,5-6H,3-4,7-11,17H2. The third kappa shape index (κ3) is 2.11. The van der Waals surface area contributed by atoms with E-state index in [1.807, 2.05) is 12.1 Å². The first kappa shape index (κ1) is 11.2. The Kier molecular flexibility index (Phi) is 2.51.